The molecule has 10 rings (SSSR count). The van der Waals surface area contributed by atoms with Crippen molar-refractivity contribution < 1.29 is 4.79 Å². The zero-order valence-electron chi connectivity index (χ0n) is 30.8. The first-order chi connectivity index (χ1) is 27.0. The molecule has 0 amide bonds. The smallest absolute Gasteiger partial charge is 0.150 e. The average Bonchev–Trinajstić information content (AvgIpc) is 3.69. The number of aromatic nitrogens is 1. The van der Waals surface area contributed by atoms with Crippen molar-refractivity contribution in [3.63, 3.8) is 0 Å². The van der Waals surface area contributed by atoms with Crippen LogP contribution in [0.4, 0.5) is 17.1 Å². The third-order valence-corrected chi connectivity index (χ3v) is 11.5. The van der Waals surface area contributed by atoms with Gasteiger partial charge in [0, 0.05) is 44.5 Å². The van der Waals surface area contributed by atoms with Gasteiger partial charge in [-0.25, -0.2) is 0 Å². The van der Waals surface area contributed by atoms with Gasteiger partial charge >= 0.3 is 0 Å². The van der Waals surface area contributed by atoms with E-state index < -0.39 is 0 Å². The molecule has 0 N–H and O–H groups in total. The molecule has 55 heavy (non-hydrogen) atoms. The first-order valence-corrected chi connectivity index (χ1v) is 18.9. The molecule has 9 aromatic rings. The molecular formula is C52H38N2O. The van der Waals surface area contributed by atoms with E-state index in [0.717, 1.165) is 34.6 Å². The summed E-state index contributed by atoms with van der Waals surface area (Å²) in [7, 11) is 0. The fourth-order valence-electron chi connectivity index (χ4n) is 8.65. The molecule has 3 heteroatoms. The van der Waals surface area contributed by atoms with Crippen LogP contribution in [0.1, 0.15) is 35.3 Å². The van der Waals surface area contributed by atoms with Gasteiger partial charge in [0.25, 0.3) is 0 Å². The van der Waals surface area contributed by atoms with Gasteiger partial charge in [-0.2, -0.15) is 0 Å². The summed E-state index contributed by atoms with van der Waals surface area (Å²) < 4.78 is 2.36. The summed E-state index contributed by atoms with van der Waals surface area (Å²) in [5.74, 6) is 0. The number of rotatable bonds is 7. The highest BCUT2D eigenvalue weighted by molar-refractivity contribution is 6.10. The molecule has 8 aromatic carbocycles. The lowest BCUT2D eigenvalue weighted by molar-refractivity contribution is 0.112. The standard InChI is InChI=1S/C52H38N2O/c1-52(2)48-31-35(34-55)17-28-44(48)45-29-27-43(33-49(45)52)53(41-23-18-37(19-24-41)36-11-5-3-6-12-36)42-25-20-38(21-26-42)39-22-30-51-47(32-39)46-15-9-10-16-50(46)54(51)40-13-7-4-8-14-40/h3-34H,1-2H3. The van der Waals surface area contributed by atoms with E-state index in [1.165, 1.54) is 60.8 Å². The molecular weight excluding hydrogens is 669 g/mol. The molecule has 0 fully saturated rings. The van der Waals surface area contributed by atoms with E-state index in [2.05, 4.69) is 205 Å². The monoisotopic (exact) mass is 706 g/mol. The second-order valence-corrected chi connectivity index (χ2v) is 15.0. The first kappa shape index (κ1) is 32.7. The van der Waals surface area contributed by atoms with Gasteiger partial charge in [-0.05, 0) is 117 Å². The third kappa shape index (κ3) is 5.39. The number of benzene rings is 8. The Morgan fingerprint density at radius 3 is 1.67 bits per heavy atom. The SMILES string of the molecule is CC1(C)c2cc(C=O)ccc2-c2ccc(N(c3ccc(-c4ccccc4)cc3)c3ccc(-c4ccc5c(c4)c4ccccc4n5-c4ccccc4)cc3)cc21. The molecule has 262 valence electrons. The Balaban J connectivity index is 1.07. The van der Waals surface area contributed by atoms with Crippen LogP contribution < -0.4 is 4.90 Å². The summed E-state index contributed by atoms with van der Waals surface area (Å²) in [5.41, 5.74) is 16.9. The molecule has 0 saturated heterocycles. The van der Waals surface area contributed by atoms with Crippen molar-refractivity contribution in [3.05, 3.63) is 205 Å². The van der Waals surface area contributed by atoms with Gasteiger partial charge < -0.3 is 9.47 Å². The molecule has 0 bridgehead atoms. The lowest BCUT2D eigenvalue weighted by atomic mass is 9.82. The summed E-state index contributed by atoms with van der Waals surface area (Å²) in [6.45, 7) is 4.52. The highest BCUT2D eigenvalue weighted by atomic mass is 16.1. The Morgan fingerprint density at radius 2 is 0.982 bits per heavy atom. The van der Waals surface area contributed by atoms with Crippen molar-refractivity contribution in [2.75, 3.05) is 4.90 Å². The van der Waals surface area contributed by atoms with E-state index in [4.69, 9.17) is 0 Å². The number of hydrogen-bond acceptors (Lipinski definition) is 2. The summed E-state index contributed by atoms with van der Waals surface area (Å²) in [4.78, 5) is 14.1. The highest BCUT2D eigenvalue weighted by Crippen LogP contribution is 2.51. The predicted octanol–water partition coefficient (Wildman–Crippen LogP) is 13.7. The minimum atomic E-state index is -0.255. The van der Waals surface area contributed by atoms with Crippen LogP contribution in [0.3, 0.4) is 0 Å². The summed E-state index contributed by atoms with van der Waals surface area (Å²) in [5, 5.41) is 2.48. The number of carbonyl (C=O) groups excluding carboxylic acids is 1. The maximum Gasteiger partial charge on any atom is 0.150 e. The van der Waals surface area contributed by atoms with Crippen LogP contribution in [-0.4, -0.2) is 10.9 Å². The molecule has 1 aliphatic rings. The Labute approximate surface area is 321 Å². The molecule has 0 saturated carbocycles. The Kier molecular flexibility index (Phi) is 7.64. The van der Waals surface area contributed by atoms with E-state index in [0.29, 0.717) is 5.56 Å². The minimum Gasteiger partial charge on any atom is -0.310 e. The number of nitrogens with zero attached hydrogens (tertiary/aromatic N) is 2. The van der Waals surface area contributed by atoms with Crippen molar-refractivity contribution in [2.45, 2.75) is 19.3 Å². The number of hydrogen-bond donors (Lipinski definition) is 0. The van der Waals surface area contributed by atoms with E-state index in [-0.39, 0.29) is 5.41 Å². The summed E-state index contributed by atoms with van der Waals surface area (Å²) >= 11 is 0. The second kappa shape index (κ2) is 12.9. The minimum absolute atomic E-state index is 0.255. The van der Waals surface area contributed by atoms with E-state index >= 15 is 0 Å². The van der Waals surface area contributed by atoms with Crippen molar-refractivity contribution in [1.29, 1.82) is 0 Å². The van der Waals surface area contributed by atoms with Gasteiger partial charge in [-0.1, -0.05) is 129 Å². The molecule has 0 unspecified atom stereocenters. The van der Waals surface area contributed by atoms with Crippen LogP contribution in [0, 0.1) is 0 Å². The third-order valence-electron chi connectivity index (χ3n) is 11.5. The number of fused-ring (bicyclic) bond motifs is 6. The number of para-hydroxylation sites is 2. The molecule has 0 spiro atoms. The molecule has 1 aromatic heterocycles. The van der Waals surface area contributed by atoms with Crippen LogP contribution in [0.2, 0.25) is 0 Å². The van der Waals surface area contributed by atoms with Crippen molar-refractivity contribution >= 4 is 45.2 Å². The van der Waals surface area contributed by atoms with E-state index in [1.807, 2.05) is 6.07 Å². The van der Waals surface area contributed by atoms with Crippen LogP contribution >= 0.6 is 0 Å². The molecule has 0 radical (unpaired) electrons. The van der Waals surface area contributed by atoms with Crippen molar-refractivity contribution in [2.24, 2.45) is 0 Å². The normalized spacial score (nSPS) is 12.8. The summed E-state index contributed by atoms with van der Waals surface area (Å²) in [6, 6.07) is 67.3. The zero-order chi connectivity index (χ0) is 37.1. The Hall–Kier alpha value is -6.97. The van der Waals surface area contributed by atoms with Gasteiger partial charge in [0.2, 0.25) is 0 Å². The van der Waals surface area contributed by atoms with E-state index in [1.54, 1.807) is 0 Å². The van der Waals surface area contributed by atoms with Crippen LogP contribution in [0.25, 0.3) is 60.9 Å². The lowest BCUT2D eigenvalue weighted by Gasteiger charge is -2.28. The quantitative estimate of drug-likeness (QED) is 0.154. The number of carbonyl (C=O) groups is 1. The van der Waals surface area contributed by atoms with Gasteiger partial charge in [-0.3, -0.25) is 4.79 Å². The van der Waals surface area contributed by atoms with Gasteiger partial charge in [0.1, 0.15) is 6.29 Å². The van der Waals surface area contributed by atoms with Crippen LogP contribution in [0.15, 0.2) is 188 Å². The first-order valence-electron chi connectivity index (χ1n) is 18.9. The zero-order valence-corrected chi connectivity index (χ0v) is 30.8. The fraction of sp³-hybridized carbons (Fsp3) is 0.0577. The fourth-order valence-corrected chi connectivity index (χ4v) is 8.65. The topological polar surface area (TPSA) is 25.2 Å². The number of aldehydes is 1. The molecule has 3 nitrogen and oxygen atoms in total. The lowest BCUT2D eigenvalue weighted by Crippen LogP contribution is -2.17. The predicted molar refractivity (Wildman–Crippen MR) is 229 cm³/mol. The molecule has 1 aliphatic carbocycles. The molecule has 0 atom stereocenters. The van der Waals surface area contributed by atoms with Gasteiger partial charge in [-0.15, -0.1) is 0 Å². The average molecular weight is 707 g/mol. The maximum absolute atomic E-state index is 11.7. The van der Waals surface area contributed by atoms with Crippen LogP contribution in [-0.2, 0) is 5.41 Å². The van der Waals surface area contributed by atoms with Crippen LogP contribution in [0.5, 0.6) is 0 Å². The van der Waals surface area contributed by atoms with Crippen molar-refractivity contribution in [3.8, 4) is 39.1 Å². The van der Waals surface area contributed by atoms with Gasteiger partial charge in [0.05, 0.1) is 11.0 Å². The van der Waals surface area contributed by atoms with E-state index in [9.17, 15) is 4.79 Å². The highest BCUT2D eigenvalue weighted by Gasteiger charge is 2.36. The number of anilines is 3. The molecule has 0 aliphatic heterocycles. The van der Waals surface area contributed by atoms with Crippen molar-refractivity contribution in [1.82, 2.24) is 4.57 Å². The largest absolute Gasteiger partial charge is 0.310 e. The van der Waals surface area contributed by atoms with Gasteiger partial charge in [0.15, 0.2) is 0 Å². The summed E-state index contributed by atoms with van der Waals surface area (Å²) in [6.07, 6.45) is 0.941. The Morgan fingerprint density at radius 1 is 0.455 bits per heavy atom. The second-order valence-electron chi connectivity index (χ2n) is 15.0. The maximum atomic E-state index is 11.7. The molecule has 1 heterocycles. The Bertz CT molecular complexity index is 2890.